The minimum atomic E-state index is -0.164. The number of ketones is 1. The van der Waals surface area contributed by atoms with Crippen LogP contribution in [0.15, 0.2) is 0 Å². The van der Waals surface area contributed by atoms with Gasteiger partial charge in [0.1, 0.15) is 0 Å². The van der Waals surface area contributed by atoms with Crippen LogP contribution in [0.1, 0.15) is 34.1 Å². The average Bonchev–Trinajstić information content (AvgIpc) is 2.16. The van der Waals surface area contributed by atoms with Crippen molar-refractivity contribution in [2.75, 3.05) is 6.54 Å². The summed E-state index contributed by atoms with van der Waals surface area (Å²) in [6, 6.07) is -0.164. The van der Waals surface area contributed by atoms with Crippen molar-refractivity contribution in [1.82, 2.24) is 4.90 Å². The third-order valence-electron chi connectivity index (χ3n) is 4.50. The van der Waals surface area contributed by atoms with Gasteiger partial charge in [0.2, 0.25) is 5.91 Å². The number of amides is 1. The molecule has 2 bridgehead atoms. The molecule has 1 aliphatic carbocycles. The standard InChI is InChI=1S/C12H19NO2/c1-7(14)11-10-5-9(12(10,3)4)6-13(11)8(2)15/h9-11H,5-6H2,1-4H3/t9?,10?,11-/m1/s1. The zero-order chi connectivity index (χ0) is 11.4. The molecule has 15 heavy (non-hydrogen) atoms. The molecule has 0 spiro atoms. The van der Waals surface area contributed by atoms with E-state index < -0.39 is 0 Å². The Bertz CT molecular complexity index is 322. The second-order valence-corrected chi connectivity index (χ2v) is 5.59. The first kappa shape index (κ1) is 10.7. The number of Topliss-reactive ketones (excluding diaryl/α,β-unsaturated/α-hetero) is 1. The molecule has 0 radical (unpaired) electrons. The summed E-state index contributed by atoms with van der Waals surface area (Å²) in [5, 5.41) is 0. The van der Waals surface area contributed by atoms with E-state index >= 15 is 0 Å². The molecular weight excluding hydrogens is 190 g/mol. The highest BCUT2D eigenvalue weighted by Crippen LogP contribution is 2.57. The van der Waals surface area contributed by atoms with Crippen molar-refractivity contribution in [3.05, 3.63) is 0 Å². The van der Waals surface area contributed by atoms with Gasteiger partial charge in [0.25, 0.3) is 0 Å². The summed E-state index contributed by atoms with van der Waals surface area (Å²) in [6.07, 6.45) is 1.11. The van der Waals surface area contributed by atoms with Crippen LogP contribution in [-0.2, 0) is 9.59 Å². The number of carbonyl (C=O) groups is 2. The Morgan fingerprint density at radius 1 is 1.27 bits per heavy atom. The van der Waals surface area contributed by atoms with Crippen LogP contribution in [0, 0.1) is 17.3 Å². The monoisotopic (exact) mass is 209 g/mol. The Labute approximate surface area is 90.8 Å². The molecule has 3 aliphatic rings. The molecule has 3 fully saturated rings. The molecule has 0 aromatic rings. The summed E-state index contributed by atoms with van der Waals surface area (Å²) in [5.41, 5.74) is 0.238. The molecule has 2 heterocycles. The summed E-state index contributed by atoms with van der Waals surface area (Å²) >= 11 is 0. The minimum Gasteiger partial charge on any atom is -0.332 e. The predicted molar refractivity (Wildman–Crippen MR) is 57.2 cm³/mol. The number of carbonyl (C=O) groups excluding carboxylic acids is 2. The summed E-state index contributed by atoms with van der Waals surface area (Å²) in [6.45, 7) is 8.38. The predicted octanol–water partition coefficient (Wildman–Crippen LogP) is 1.47. The van der Waals surface area contributed by atoms with E-state index in [1.54, 1.807) is 18.7 Å². The molecule has 3 atom stereocenters. The molecule has 3 heteroatoms. The van der Waals surface area contributed by atoms with E-state index in [4.69, 9.17) is 0 Å². The van der Waals surface area contributed by atoms with Crippen molar-refractivity contribution in [2.45, 2.75) is 40.2 Å². The highest BCUT2D eigenvalue weighted by molar-refractivity contribution is 5.87. The first-order valence-electron chi connectivity index (χ1n) is 5.63. The topological polar surface area (TPSA) is 37.4 Å². The number of nitrogens with zero attached hydrogens (tertiary/aromatic N) is 1. The molecule has 0 aromatic carbocycles. The van der Waals surface area contributed by atoms with Crippen molar-refractivity contribution in [2.24, 2.45) is 17.3 Å². The molecule has 2 aliphatic heterocycles. The van der Waals surface area contributed by atoms with Crippen LogP contribution >= 0.6 is 0 Å². The number of rotatable bonds is 1. The number of hydrogen-bond acceptors (Lipinski definition) is 2. The van der Waals surface area contributed by atoms with E-state index in [-0.39, 0.29) is 23.1 Å². The summed E-state index contributed by atoms with van der Waals surface area (Å²) in [4.78, 5) is 24.9. The van der Waals surface area contributed by atoms with Crippen LogP contribution in [0.2, 0.25) is 0 Å². The van der Waals surface area contributed by atoms with E-state index in [2.05, 4.69) is 13.8 Å². The lowest BCUT2D eigenvalue weighted by atomic mass is 9.49. The molecular formula is C12H19NO2. The number of fused-ring (bicyclic) bond motifs is 2. The maximum Gasteiger partial charge on any atom is 0.220 e. The molecule has 84 valence electrons. The first-order chi connectivity index (χ1) is 6.85. The lowest BCUT2D eigenvalue weighted by molar-refractivity contribution is -0.172. The molecule has 2 saturated heterocycles. The van der Waals surface area contributed by atoms with Gasteiger partial charge in [-0.1, -0.05) is 13.8 Å². The molecule has 3 rings (SSSR count). The van der Waals surface area contributed by atoms with Gasteiger partial charge >= 0.3 is 0 Å². The Morgan fingerprint density at radius 2 is 1.87 bits per heavy atom. The van der Waals surface area contributed by atoms with Gasteiger partial charge in [-0.05, 0) is 30.6 Å². The van der Waals surface area contributed by atoms with E-state index in [0.29, 0.717) is 11.8 Å². The average molecular weight is 209 g/mol. The summed E-state index contributed by atoms with van der Waals surface area (Å²) < 4.78 is 0. The van der Waals surface area contributed by atoms with E-state index in [0.717, 1.165) is 13.0 Å². The van der Waals surface area contributed by atoms with Crippen LogP contribution in [0.25, 0.3) is 0 Å². The van der Waals surface area contributed by atoms with E-state index in [1.807, 2.05) is 0 Å². The third kappa shape index (κ3) is 1.32. The van der Waals surface area contributed by atoms with Crippen LogP contribution in [0.4, 0.5) is 0 Å². The van der Waals surface area contributed by atoms with Crippen molar-refractivity contribution >= 4 is 11.7 Å². The van der Waals surface area contributed by atoms with Gasteiger partial charge in [0.05, 0.1) is 6.04 Å². The summed E-state index contributed by atoms with van der Waals surface area (Å²) in [5.74, 6) is 1.14. The van der Waals surface area contributed by atoms with Gasteiger partial charge in [-0.25, -0.2) is 0 Å². The first-order valence-corrected chi connectivity index (χ1v) is 5.63. The highest BCUT2D eigenvalue weighted by Gasteiger charge is 2.58. The summed E-state index contributed by atoms with van der Waals surface area (Å²) in [7, 11) is 0. The maximum absolute atomic E-state index is 11.6. The van der Waals surface area contributed by atoms with Crippen LogP contribution in [0.3, 0.4) is 0 Å². The number of piperidine rings is 2. The van der Waals surface area contributed by atoms with Crippen LogP contribution in [0.5, 0.6) is 0 Å². The fraction of sp³-hybridized carbons (Fsp3) is 0.833. The lowest BCUT2D eigenvalue weighted by Gasteiger charge is -2.62. The van der Waals surface area contributed by atoms with Crippen molar-refractivity contribution in [3.63, 3.8) is 0 Å². The van der Waals surface area contributed by atoms with Crippen molar-refractivity contribution in [3.8, 4) is 0 Å². The normalized spacial score (nSPS) is 37.1. The second-order valence-electron chi connectivity index (χ2n) is 5.59. The number of hydrogen-bond donors (Lipinski definition) is 0. The van der Waals surface area contributed by atoms with Crippen LogP contribution in [-0.4, -0.2) is 29.2 Å². The molecule has 3 nitrogen and oxygen atoms in total. The maximum atomic E-state index is 11.6. The zero-order valence-electron chi connectivity index (χ0n) is 9.91. The fourth-order valence-electron chi connectivity index (χ4n) is 3.30. The van der Waals surface area contributed by atoms with Gasteiger partial charge in [0, 0.05) is 13.5 Å². The van der Waals surface area contributed by atoms with Gasteiger partial charge in [-0.15, -0.1) is 0 Å². The van der Waals surface area contributed by atoms with Crippen LogP contribution < -0.4 is 0 Å². The largest absolute Gasteiger partial charge is 0.332 e. The lowest BCUT2D eigenvalue weighted by Crippen LogP contribution is -2.67. The molecule has 1 amide bonds. The van der Waals surface area contributed by atoms with Gasteiger partial charge in [-0.2, -0.15) is 0 Å². The molecule has 1 saturated carbocycles. The van der Waals surface area contributed by atoms with Gasteiger partial charge < -0.3 is 4.90 Å². The Kier molecular flexibility index (Phi) is 2.18. The molecule has 0 N–H and O–H groups in total. The zero-order valence-corrected chi connectivity index (χ0v) is 9.91. The van der Waals surface area contributed by atoms with Crippen molar-refractivity contribution in [1.29, 1.82) is 0 Å². The minimum absolute atomic E-state index is 0.0420. The Hall–Kier alpha value is -0.860. The Balaban J connectivity index is 2.28. The van der Waals surface area contributed by atoms with Crippen molar-refractivity contribution < 1.29 is 9.59 Å². The van der Waals surface area contributed by atoms with E-state index in [9.17, 15) is 9.59 Å². The smallest absolute Gasteiger partial charge is 0.220 e. The fourth-order valence-corrected chi connectivity index (χ4v) is 3.30. The van der Waals surface area contributed by atoms with E-state index in [1.165, 1.54) is 0 Å². The second kappa shape index (κ2) is 3.06. The quantitative estimate of drug-likeness (QED) is 0.655. The SMILES string of the molecule is CC(=O)[C@@H]1C2CC(CN1C(C)=O)C2(C)C. The molecule has 2 unspecified atom stereocenters. The van der Waals surface area contributed by atoms with Gasteiger partial charge in [-0.3, -0.25) is 9.59 Å². The van der Waals surface area contributed by atoms with Gasteiger partial charge in [0.15, 0.2) is 5.78 Å². The Morgan fingerprint density at radius 3 is 2.27 bits per heavy atom. The molecule has 0 aromatic heterocycles. The third-order valence-corrected chi connectivity index (χ3v) is 4.50. The highest BCUT2D eigenvalue weighted by atomic mass is 16.2.